The van der Waals surface area contributed by atoms with Gasteiger partial charge in [0, 0.05) is 11.1 Å². The van der Waals surface area contributed by atoms with E-state index in [0.29, 0.717) is 21.9 Å². The Bertz CT molecular complexity index is 591. The van der Waals surface area contributed by atoms with Crippen molar-refractivity contribution in [3.8, 4) is 5.75 Å². The van der Waals surface area contributed by atoms with Crippen LogP contribution in [0.4, 0.5) is 0 Å². The van der Waals surface area contributed by atoms with Crippen LogP contribution in [0.15, 0.2) is 42.5 Å². The molecule has 0 heterocycles. The van der Waals surface area contributed by atoms with Crippen molar-refractivity contribution in [2.75, 3.05) is 7.11 Å². The fourth-order valence-corrected chi connectivity index (χ4v) is 1.98. The molecule has 2 aromatic carbocycles. The van der Waals surface area contributed by atoms with Gasteiger partial charge in [0.15, 0.2) is 5.78 Å². The number of halogens is 1. The number of ketones is 1. The van der Waals surface area contributed by atoms with Crippen LogP contribution in [-0.2, 0) is 0 Å². The molecule has 0 N–H and O–H groups in total. The number of benzene rings is 2. The van der Waals surface area contributed by atoms with Gasteiger partial charge < -0.3 is 4.74 Å². The molecule has 2 rings (SSSR count). The van der Waals surface area contributed by atoms with E-state index in [1.807, 2.05) is 13.0 Å². The van der Waals surface area contributed by atoms with Crippen molar-refractivity contribution in [1.82, 2.24) is 0 Å². The van der Waals surface area contributed by atoms with Crippen LogP contribution in [0.1, 0.15) is 21.5 Å². The SMILES string of the molecule is COc1cc(C(=O)c2ccccc2Cl)ccc1C. The maximum Gasteiger partial charge on any atom is 0.194 e. The predicted octanol–water partition coefficient (Wildman–Crippen LogP) is 3.89. The molecule has 0 saturated carbocycles. The molecule has 2 nitrogen and oxygen atoms in total. The molecule has 0 fully saturated rings. The lowest BCUT2D eigenvalue weighted by Crippen LogP contribution is -2.03. The first-order valence-corrected chi connectivity index (χ1v) is 5.95. The van der Waals surface area contributed by atoms with Crippen molar-refractivity contribution >= 4 is 17.4 Å². The number of methoxy groups -OCH3 is 1. The van der Waals surface area contributed by atoms with E-state index in [1.165, 1.54) is 0 Å². The Balaban J connectivity index is 2.44. The number of hydrogen-bond acceptors (Lipinski definition) is 2. The van der Waals surface area contributed by atoms with Gasteiger partial charge in [-0.25, -0.2) is 0 Å². The minimum Gasteiger partial charge on any atom is -0.496 e. The Hall–Kier alpha value is -1.80. The average molecular weight is 261 g/mol. The molecule has 0 aliphatic carbocycles. The van der Waals surface area contributed by atoms with Crippen molar-refractivity contribution in [3.05, 3.63) is 64.2 Å². The lowest BCUT2D eigenvalue weighted by Gasteiger charge is -2.08. The van der Waals surface area contributed by atoms with Crippen LogP contribution < -0.4 is 4.74 Å². The summed E-state index contributed by atoms with van der Waals surface area (Å²) in [5.74, 6) is 0.604. The zero-order valence-corrected chi connectivity index (χ0v) is 11.0. The largest absolute Gasteiger partial charge is 0.496 e. The third-order valence-corrected chi connectivity index (χ3v) is 3.12. The number of ether oxygens (including phenoxy) is 1. The number of carbonyl (C=O) groups excluding carboxylic acids is 1. The van der Waals surface area contributed by atoms with Crippen LogP contribution >= 0.6 is 11.6 Å². The van der Waals surface area contributed by atoms with E-state index in [-0.39, 0.29) is 5.78 Å². The van der Waals surface area contributed by atoms with Gasteiger partial charge in [0.2, 0.25) is 0 Å². The summed E-state index contributed by atoms with van der Waals surface area (Å²) in [6.07, 6.45) is 0. The van der Waals surface area contributed by atoms with E-state index in [9.17, 15) is 4.79 Å². The average Bonchev–Trinajstić information content (AvgIpc) is 2.39. The summed E-state index contributed by atoms with van der Waals surface area (Å²) in [4.78, 5) is 12.3. The molecule has 0 bridgehead atoms. The van der Waals surface area contributed by atoms with Gasteiger partial charge in [-0.15, -0.1) is 0 Å². The predicted molar refractivity (Wildman–Crippen MR) is 72.6 cm³/mol. The molecule has 0 amide bonds. The Morgan fingerprint density at radius 1 is 1.17 bits per heavy atom. The van der Waals surface area contributed by atoms with E-state index < -0.39 is 0 Å². The number of rotatable bonds is 3. The first-order valence-electron chi connectivity index (χ1n) is 5.57. The van der Waals surface area contributed by atoms with Gasteiger partial charge in [-0.2, -0.15) is 0 Å². The molecule has 0 atom stereocenters. The molecule has 92 valence electrons. The monoisotopic (exact) mass is 260 g/mol. The second-order valence-electron chi connectivity index (χ2n) is 3.99. The van der Waals surface area contributed by atoms with E-state index >= 15 is 0 Å². The van der Waals surface area contributed by atoms with Crippen molar-refractivity contribution in [1.29, 1.82) is 0 Å². The van der Waals surface area contributed by atoms with Crippen LogP contribution in [0.2, 0.25) is 5.02 Å². The number of carbonyl (C=O) groups is 1. The lowest BCUT2D eigenvalue weighted by molar-refractivity contribution is 0.103. The highest BCUT2D eigenvalue weighted by molar-refractivity contribution is 6.35. The molecule has 0 radical (unpaired) electrons. The van der Waals surface area contributed by atoms with Crippen molar-refractivity contribution in [2.24, 2.45) is 0 Å². The minimum absolute atomic E-state index is 0.0982. The fourth-order valence-electron chi connectivity index (χ4n) is 1.76. The third-order valence-electron chi connectivity index (χ3n) is 2.79. The third kappa shape index (κ3) is 2.39. The number of aryl methyl sites for hydroxylation is 1. The van der Waals surface area contributed by atoms with Crippen LogP contribution in [0, 0.1) is 6.92 Å². The van der Waals surface area contributed by atoms with Gasteiger partial charge in [0.25, 0.3) is 0 Å². The van der Waals surface area contributed by atoms with Gasteiger partial charge in [-0.1, -0.05) is 35.9 Å². The summed E-state index contributed by atoms with van der Waals surface area (Å²) in [6, 6.07) is 12.4. The summed E-state index contributed by atoms with van der Waals surface area (Å²) >= 11 is 6.02. The molecule has 0 unspecified atom stereocenters. The molecule has 0 aliphatic rings. The summed E-state index contributed by atoms with van der Waals surface area (Å²) in [7, 11) is 1.59. The molecule has 2 aromatic rings. The summed E-state index contributed by atoms with van der Waals surface area (Å²) < 4.78 is 5.22. The number of hydrogen-bond donors (Lipinski definition) is 0. The van der Waals surface area contributed by atoms with E-state index in [2.05, 4.69) is 0 Å². The summed E-state index contributed by atoms with van der Waals surface area (Å²) in [6.45, 7) is 1.93. The summed E-state index contributed by atoms with van der Waals surface area (Å²) in [5.41, 5.74) is 2.07. The highest BCUT2D eigenvalue weighted by atomic mass is 35.5. The molecule has 0 saturated heterocycles. The van der Waals surface area contributed by atoms with Gasteiger partial charge in [0.1, 0.15) is 5.75 Å². The molecule has 3 heteroatoms. The second-order valence-corrected chi connectivity index (χ2v) is 4.40. The van der Waals surface area contributed by atoms with Crippen LogP contribution in [0.25, 0.3) is 0 Å². The Kier molecular flexibility index (Phi) is 3.68. The first kappa shape index (κ1) is 12.7. The van der Waals surface area contributed by atoms with Crippen molar-refractivity contribution < 1.29 is 9.53 Å². The quantitative estimate of drug-likeness (QED) is 0.783. The Morgan fingerprint density at radius 2 is 1.89 bits per heavy atom. The molecule has 0 aliphatic heterocycles. The van der Waals surface area contributed by atoms with E-state index in [1.54, 1.807) is 43.5 Å². The lowest BCUT2D eigenvalue weighted by atomic mass is 10.0. The van der Waals surface area contributed by atoms with Gasteiger partial charge >= 0.3 is 0 Å². The van der Waals surface area contributed by atoms with E-state index in [0.717, 1.165) is 5.56 Å². The standard InChI is InChI=1S/C15H13ClO2/c1-10-7-8-11(9-14(10)18-2)15(17)12-5-3-4-6-13(12)16/h3-9H,1-2H3. The summed E-state index contributed by atoms with van der Waals surface area (Å²) in [5, 5.41) is 0.460. The first-order chi connectivity index (χ1) is 8.63. The zero-order chi connectivity index (χ0) is 13.1. The molecular weight excluding hydrogens is 248 g/mol. The fraction of sp³-hybridized carbons (Fsp3) is 0.133. The smallest absolute Gasteiger partial charge is 0.194 e. The van der Waals surface area contributed by atoms with Gasteiger partial charge in [0.05, 0.1) is 12.1 Å². The second kappa shape index (κ2) is 5.23. The van der Waals surface area contributed by atoms with Crippen molar-refractivity contribution in [3.63, 3.8) is 0 Å². The van der Waals surface area contributed by atoms with Gasteiger partial charge in [-0.05, 0) is 30.7 Å². The van der Waals surface area contributed by atoms with Crippen LogP contribution in [0.3, 0.4) is 0 Å². The van der Waals surface area contributed by atoms with Gasteiger partial charge in [-0.3, -0.25) is 4.79 Å². The highest BCUT2D eigenvalue weighted by Gasteiger charge is 2.13. The minimum atomic E-state index is -0.0982. The van der Waals surface area contributed by atoms with Crippen molar-refractivity contribution in [2.45, 2.75) is 6.92 Å². The Morgan fingerprint density at radius 3 is 2.56 bits per heavy atom. The molecule has 0 spiro atoms. The molecular formula is C15H13ClO2. The van der Waals surface area contributed by atoms with Crippen LogP contribution in [0.5, 0.6) is 5.75 Å². The highest BCUT2D eigenvalue weighted by Crippen LogP contribution is 2.23. The maximum absolute atomic E-state index is 12.3. The maximum atomic E-state index is 12.3. The Labute approximate surface area is 111 Å². The van der Waals surface area contributed by atoms with E-state index in [4.69, 9.17) is 16.3 Å². The zero-order valence-electron chi connectivity index (χ0n) is 10.2. The topological polar surface area (TPSA) is 26.3 Å². The van der Waals surface area contributed by atoms with Crippen LogP contribution in [-0.4, -0.2) is 12.9 Å². The molecule has 18 heavy (non-hydrogen) atoms. The molecule has 0 aromatic heterocycles. The normalized spacial score (nSPS) is 10.2.